The van der Waals surface area contributed by atoms with Crippen LogP contribution in [0, 0.1) is 0 Å². The molecule has 0 aromatic rings. The molecule has 1 aliphatic rings. The second kappa shape index (κ2) is 9.12. The summed E-state index contributed by atoms with van der Waals surface area (Å²) < 4.78 is 36.3. The lowest BCUT2D eigenvalue weighted by molar-refractivity contribution is -0.132. The van der Waals surface area contributed by atoms with Crippen molar-refractivity contribution >= 4 is 5.96 Å². The van der Waals surface area contributed by atoms with Crippen LogP contribution in [0.1, 0.15) is 39.5 Å². The molecule has 1 unspecified atom stereocenters. The third kappa shape index (κ3) is 8.14. The molecule has 7 heteroatoms. The smallest absolute Gasteiger partial charge is 0.357 e. The molecule has 1 heterocycles. The van der Waals surface area contributed by atoms with Crippen LogP contribution in [-0.2, 0) is 0 Å². The summed E-state index contributed by atoms with van der Waals surface area (Å²) in [6.07, 6.45) is -1.30. The second-order valence-corrected chi connectivity index (χ2v) is 5.43. The molecule has 0 aromatic carbocycles. The van der Waals surface area contributed by atoms with Crippen LogP contribution in [0.2, 0.25) is 0 Å². The van der Waals surface area contributed by atoms with E-state index in [1.54, 1.807) is 0 Å². The van der Waals surface area contributed by atoms with Crippen molar-refractivity contribution in [3.8, 4) is 0 Å². The molecule has 0 amide bonds. The standard InChI is InChI=1S/C14H27F3N4/c1-3-18-13(19-8-7-14(15,16)17)20-9-11-21-10-5-4-6-12(21)2/h12H,3-11H2,1-2H3,(H2,18,19,20). The molecule has 21 heavy (non-hydrogen) atoms. The predicted octanol–water partition coefficient (Wildman–Crippen LogP) is 2.37. The first-order valence-electron chi connectivity index (χ1n) is 7.75. The number of rotatable bonds is 6. The number of aliphatic imine (C=N–C) groups is 1. The van der Waals surface area contributed by atoms with Crippen molar-refractivity contribution < 1.29 is 13.2 Å². The number of nitrogens with zero attached hydrogens (tertiary/aromatic N) is 2. The van der Waals surface area contributed by atoms with Gasteiger partial charge < -0.3 is 10.6 Å². The first-order chi connectivity index (χ1) is 9.92. The van der Waals surface area contributed by atoms with Crippen LogP contribution >= 0.6 is 0 Å². The van der Waals surface area contributed by atoms with Crippen LogP contribution in [0.15, 0.2) is 4.99 Å². The molecule has 1 atom stereocenters. The lowest BCUT2D eigenvalue weighted by Gasteiger charge is -2.33. The van der Waals surface area contributed by atoms with Crippen molar-refractivity contribution in [1.29, 1.82) is 0 Å². The van der Waals surface area contributed by atoms with E-state index in [9.17, 15) is 13.2 Å². The molecule has 0 aromatic heterocycles. The Balaban J connectivity index is 2.31. The van der Waals surface area contributed by atoms with Crippen molar-refractivity contribution in [2.24, 2.45) is 4.99 Å². The summed E-state index contributed by atoms with van der Waals surface area (Å²) in [6, 6.07) is 0.588. The zero-order valence-corrected chi connectivity index (χ0v) is 13.0. The zero-order valence-electron chi connectivity index (χ0n) is 13.0. The topological polar surface area (TPSA) is 39.7 Å². The van der Waals surface area contributed by atoms with Gasteiger partial charge in [0.2, 0.25) is 0 Å². The molecule has 0 aliphatic carbocycles. The molecule has 2 N–H and O–H groups in total. The van der Waals surface area contributed by atoms with Gasteiger partial charge in [-0.15, -0.1) is 0 Å². The Hall–Kier alpha value is -0.980. The molecule has 0 bridgehead atoms. The maximum atomic E-state index is 12.1. The van der Waals surface area contributed by atoms with E-state index in [1.807, 2.05) is 6.92 Å². The zero-order chi connectivity index (χ0) is 15.7. The summed E-state index contributed by atoms with van der Waals surface area (Å²) in [6.45, 7) is 7.21. The summed E-state index contributed by atoms with van der Waals surface area (Å²) in [4.78, 5) is 6.37. The van der Waals surface area contributed by atoms with E-state index >= 15 is 0 Å². The van der Waals surface area contributed by atoms with Gasteiger partial charge in [-0.25, -0.2) is 0 Å². The van der Waals surface area contributed by atoms with Gasteiger partial charge in [0.15, 0.2) is 5.96 Å². The highest BCUT2D eigenvalue weighted by atomic mass is 19.4. The Morgan fingerprint density at radius 2 is 2.05 bits per heavy atom. The van der Waals surface area contributed by atoms with Crippen LogP contribution in [0.3, 0.4) is 0 Å². The minimum absolute atomic E-state index is 0.237. The third-order valence-corrected chi connectivity index (χ3v) is 3.64. The van der Waals surface area contributed by atoms with E-state index in [1.165, 1.54) is 19.3 Å². The maximum absolute atomic E-state index is 12.1. The van der Waals surface area contributed by atoms with Gasteiger partial charge in [0.25, 0.3) is 0 Å². The van der Waals surface area contributed by atoms with Crippen LogP contribution in [0.4, 0.5) is 13.2 Å². The number of halogens is 3. The van der Waals surface area contributed by atoms with E-state index in [0.29, 0.717) is 25.1 Å². The normalized spacial score (nSPS) is 21.4. The summed E-state index contributed by atoms with van der Waals surface area (Å²) in [5, 5.41) is 6.08. The molecular weight excluding hydrogens is 281 g/mol. The molecule has 0 saturated carbocycles. The Bertz CT molecular complexity index is 318. The highest BCUT2D eigenvalue weighted by Crippen LogP contribution is 2.18. The molecule has 1 aliphatic heterocycles. The van der Waals surface area contributed by atoms with Gasteiger partial charge in [0.05, 0.1) is 13.0 Å². The number of alkyl halides is 3. The second-order valence-electron chi connectivity index (χ2n) is 5.43. The van der Waals surface area contributed by atoms with E-state index in [-0.39, 0.29) is 6.54 Å². The van der Waals surface area contributed by atoms with Crippen molar-refractivity contribution in [2.45, 2.75) is 51.7 Å². The quantitative estimate of drug-likeness (QED) is 0.584. The summed E-state index contributed by atoms with van der Waals surface area (Å²) in [7, 11) is 0. The number of hydrogen-bond acceptors (Lipinski definition) is 2. The van der Waals surface area contributed by atoms with Gasteiger partial charge in [-0.2, -0.15) is 13.2 Å². The Kier molecular flexibility index (Phi) is 7.85. The highest BCUT2D eigenvalue weighted by Gasteiger charge is 2.26. The number of piperidine rings is 1. The number of guanidine groups is 1. The molecule has 1 saturated heterocycles. The molecule has 1 fully saturated rings. The highest BCUT2D eigenvalue weighted by molar-refractivity contribution is 5.79. The minimum Gasteiger partial charge on any atom is -0.357 e. The molecule has 0 radical (unpaired) electrons. The average molecular weight is 308 g/mol. The van der Waals surface area contributed by atoms with Gasteiger partial charge in [-0.1, -0.05) is 6.42 Å². The van der Waals surface area contributed by atoms with Gasteiger partial charge in [-0.3, -0.25) is 9.89 Å². The Labute approximate surface area is 125 Å². The van der Waals surface area contributed by atoms with E-state index in [4.69, 9.17) is 0 Å². The molecule has 1 rings (SSSR count). The van der Waals surface area contributed by atoms with Gasteiger partial charge >= 0.3 is 6.18 Å². The van der Waals surface area contributed by atoms with Crippen molar-refractivity contribution in [3.63, 3.8) is 0 Å². The molecule has 4 nitrogen and oxygen atoms in total. The minimum atomic E-state index is -4.15. The fraction of sp³-hybridized carbons (Fsp3) is 0.929. The molecular formula is C14H27F3N4. The number of hydrogen-bond donors (Lipinski definition) is 2. The SMILES string of the molecule is CCNC(=NCCC(F)(F)F)NCCN1CCCCC1C. The largest absolute Gasteiger partial charge is 0.390 e. The monoisotopic (exact) mass is 308 g/mol. The Morgan fingerprint density at radius 1 is 1.29 bits per heavy atom. The van der Waals surface area contributed by atoms with Crippen LogP contribution in [0.25, 0.3) is 0 Å². The van der Waals surface area contributed by atoms with Gasteiger partial charge in [-0.05, 0) is 33.2 Å². The van der Waals surface area contributed by atoms with Crippen LogP contribution in [-0.4, -0.2) is 55.8 Å². The first-order valence-corrected chi connectivity index (χ1v) is 7.75. The van der Waals surface area contributed by atoms with E-state index in [2.05, 4.69) is 27.4 Å². The summed E-state index contributed by atoms with van der Waals surface area (Å²) in [5.41, 5.74) is 0. The third-order valence-electron chi connectivity index (χ3n) is 3.64. The molecule has 124 valence electrons. The molecule has 0 spiro atoms. The maximum Gasteiger partial charge on any atom is 0.390 e. The fourth-order valence-electron chi connectivity index (χ4n) is 2.44. The summed E-state index contributed by atoms with van der Waals surface area (Å²) in [5.74, 6) is 0.464. The van der Waals surface area contributed by atoms with E-state index < -0.39 is 12.6 Å². The lowest BCUT2D eigenvalue weighted by Crippen LogP contribution is -2.45. The van der Waals surface area contributed by atoms with E-state index in [0.717, 1.165) is 13.1 Å². The fourth-order valence-corrected chi connectivity index (χ4v) is 2.44. The van der Waals surface area contributed by atoms with Crippen molar-refractivity contribution in [3.05, 3.63) is 0 Å². The Morgan fingerprint density at radius 3 is 2.67 bits per heavy atom. The average Bonchev–Trinajstić information content (AvgIpc) is 2.39. The van der Waals surface area contributed by atoms with Crippen molar-refractivity contribution in [1.82, 2.24) is 15.5 Å². The van der Waals surface area contributed by atoms with Crippen LogP contribution in [0.5, 0.6) is 0 Å². The van der Waals surface area contributed by atoms with Crippen LogP contribution < -0.4 is 10.6 Å². The predicted molar refractivity (Wildman–Crippen MR) is 79.5 cm³/mol. The number of likely N-dealkylation sites (tertiary alicyclic amines) is 1. The first kappa shape index (κ1) is 18.1. The number of nitrogens with one attached hydrogen (secondary N) is 2. The van der Waals surface area contributed by atoms with Gasteiger partial charge in [0.1, 0.15) is 0 Å². The van der Waals surface area contributed by atoms with Gasteiger partial charge in [0, 0.05) is 25.7 Å². The lowest BCUT2D eigenvalue weighted by atomic mass is 10.0. The summed E-state index contributed by atoms with van der Waals surface area (Å²) >= 11 is 0. The van der Waals surface area contributed by atoms with Crippen molar-refractivity contribution in [2.75, 3.05) is 32.7 Å².